The quantitative estimate of drug-likeness (QED) is 0.279. The number of nitrogens with one attached hydrogen (secondary N) is 2. The largest absolute Gasteiger partial charge is 0.459 e. The number of esters is 1. The van der Waals surface area contributed by atoms with Crippen molar-refractivity contribution in [2.45, 2.75) is 64.8 Å². The van der Waals surface area contributed by atoms with Crippen molar-refractivity contribution < 1.29 is 28.7 Å². The minimum Gasteiger partial charge on any atom is -0.459 e. The summed E-state index contributed by atoms with van der Waals surface area (Å²) in [6.07, 6.45) is -1.00. The third-order valence-electron chi connectivity index (χ3n) is 6.21. The summed E-state index contributed by atoms with van der Waals surface area (Å²) in [6, 6.07) is 13.7. The van der Waals surface area contributed by atoms with Crippen molar-refractivity contribution in [1.29, 1.82) is 0 Å². The highest BCUT2D eigenvalue weighted by molar-refractivity contribution is 6.13. The van der Waals surface area contributed by atoms with Gasteiger partial charge in [-0.1, -0.05) is 36.4 Å². The molecule has 4 rings (SSSR count). The molecule has 1 saturated heterocycles. The van der Waals surface area contributed by atoms with Crippen LogP contribution in [-0.2, 0) is 42.5 Å². The molecule has 3 amide bonds. The van der Waals surface area contributed by atoms with Gasteiger partial charge in [0.2, 0.25) is 11.4 Å². The molecule has 1 aromatic heterocycles. The van der Waals surface area contributed by atoms with Gasteiger partial charge in [-0.05, 0) is 57.4 Å². The average molecular weight is 535 g/mol. The Morgan fingerprint density at radius 2 is 1.79 bits per heavy atom. The normalized spacial score (nSPS) is 17.4. The number of fused-ring (bicyclic) bond motifs is 1. The molecule has 1 fully saturated rings. The molecule has 3 aromatic rings. The molecule has 204 valence electrons. The predicted octanol–water partition coefficient (Wildman–Crippen LogP) is 2.60. The number of amides is 3. The first-order valence-corrected chi connectivity index (χ1v) is 12.5. The number of hydrogen-bond donors (Lipinski definition) is 2. The van der Waals surface area contributed by atoms with Gasteiger partial charge in [-0.25, -0.2) is 14.6 Å². The summed E-state index contributed by atoms with van der Waals surface area (Å²) in [7, 11) is 0. The second kappa shape index (κ2) is 10.7. The van der Waals surface area contributed by atoms with Crippen LogP contribution in [-0.4, -0.2) is 39.0 Å². The monoisotopic (exact) mass is 534 g/mol. The number of carbonyl (C=O) groups is 4. The molecule has 11 nitrogen and oxygen atoms in total. The van der Waals surface area contributed by atoms with Gasteiger partial charge < -0.3 is 14.8 Å². The summed E-state index contributed by atoms with van der Waals surface area (Å²) in [6.45, 7) is 6.79. The number of carbonyl (C=O) groups excluding carboxylic acids is 4. The second-order valence-corrected chi connectivity index (χ2v) is 10.3. The number of alkyl carbamates (subject to hydrolysis) is 1. The number of aromatic nitrogens is 2. The van der Waals surface area contributed by atoms with Crippen LogP contribution in [0.5, 0.6) is 0 Å². The van der Waals surface area contributed by atoms with Gasteiger partial charge in [0.25, 0.3) is 11.5 Å². The van der Waals surface area contributed by atoms with E-state index in [9.17, 15) is 24.0 Å². The average Bonchev–Trinajstić information content (AvgIpc) is 2.86. The predicted molar refractivity (Wildman–Crippen MR) is 140 cm³/mol. The van der Waals surface area contributed by atoms with Gasteiger partial charge in [0.1, 0.15) is 18.0 Å². The highest BCUT2D eigenvalue weighted by Crippen LogP contribution is 2.30. The van der Waals surface area contributed by atoms with Crippen LogP contribution in [0.25, 0.3) is 10.9 Å². The Bertz CT molecular complexity index is 1510. The van der Waals surface area contributed by atoms with Gasteiger partial charge in [-0.15, -0.1) is 0 Å². The maximum Gasteiger partial charge on any atom is 0.407 e. The Morgan fingerprint density at radius 1 is 1.08 bits per heavy atom. The van der Waals surface area contributed by atoms with E-state index in [4.69, 9.17) is 9.47 Å². The van der Waals surface area contributed by atoms with Gasteiger partial charge in [0.15, 0.2) is 0 Å². The lowest BCUT2D eigenvalue weighted by Crippen LogP contribution is -2.62. The van der Waals surface area contributed by atoms with E-state index in [2.05, 4.69) is 15.6 Å². The highest BCUT2D eigenvalue weighted by atomic mass is 16.6. The zero-order chi connectivity index (χ0) is 28.4. The first-order valence-electron chi connectivity index (χ1n) is 12.5. The number of imide groups is 1. The van der Waals surface area contributed by atoms with Crippen molar-refractivity contribution in [1.82, 2.24) is 20.2 Å². The fourth-order valence-corrected chi connectivity index (χ4v) is 4.43. The number of rotatable bonds is 6. The van der Waals surface area contributed by atoms with Gasteiger partial charge in [0, 0.05) is 13.0 Å². The van der Waals surface area contributed by atoms with E-state index in [-0.39, 0.29) is 37.2 Å². The van der Waals surface area contributed by atoms with Crippen LogP contribution in [0.3, 0.4) is 0 Å². The molecule has 1 aliphatic rings. The molecule has 39 heavy (non-hydrogen) atoms. The number of aryl methyl sites for hydroxylation is 1. The van der Waals surface area contributed by atoms with Crippen molar-refractivity contribution in [2.75, 3.05) is 0 Å². The Balaban J connectivity index is 1.69. The SMILES string of the molecule is Cc1nc2cc(CNC(=O)OC(C)(C)C)ccc2c(=O)n1C1(C(=O)OCc2ccccc2)CCC(=O)NC1=O. The smallest absolute Gasteiger partial charge is 0.407 e. The van der Waals surface area contributed by atoms with Crippen LogP contribution < -0.4 is 16.2 Å². The Kier molecular flexibility index (Phi) is 7.53. The van der Waals surface area contributed by atoms with Crippen LogP contribution in [0.15, 0.2) is 53.3 Å². The van der Waals surface area contributed by atoms with E-state index >= 15 is 0 Å². The zero-order valence-corrected chi connectivity index (χ0v) is 22.2. The van der Waals surface area contributed by atoms with Crippen LogP contribution in [0.2, 0.25) is 0 Å². The summed E-state index contributed by atoms with van der Waals surface area (Å²) < 4.78 is 11.8. The minimum atomic E-state index is -2.11. The summed E-state index contributed by atoms with van der Waals surface area (Å²) in [5.74, 6) is -2.36. The summed E-state index contributed by atoms with van der Waals surface area (Å²) >= 11 is 0. The van der Waals surface area contributed by atoms with Gasteiger partial charge >= 0.3 is 12.1 Å². The molecule has 2 heterocycles. The third-order valence-corrected chi connectivity index (χ3v) is 6.21. The molecule has 11 heteroatoms. The molecule has 1 aliphatic heterocycles. The maximum absolute atomic E-state index is 13.8. The molecule has 0 saturated carbocycles. The summed E-state index contributed by atoms with van der Waals surface area (Å²) in [5, 5.41) is 4.99. The molecule has 2 aromatic carbocycles. The molecule has 1 unspecified atom stereocenters. The lowest BCUT2D eigenvalue weighted by molar-refractivity contribution is -0.164. The summed E-state index contributed by atoms with van der Waals surface area (Å²) in [5.41, 5.74) is -1.72. The van der Waals surface area contributed by atoms with E-state index in [0.29, 0.717) is 16.6 Å². The Hall–Kier alpha value is -4.54. The molecular formula is C28H30N4O7. The highest BCUT2D eigenvalue weighted by Gasteiger charge is 2.54. The van der Waals surface area contributed by atoms with Gasteiger partial charge in [-0.2, -0.15) is 0 Å². The lowest BCUT2D eigenvalue weighted by Gasteiger charge is -2.35. The van der Waals surface area contributed by atoms with Gasteiger partial charge in [0.05, 0.1) is 10.9 Å². The molecule has 2 N–H and O–H groups in total. The first kappa shape index (κ1) is 27.5. The van der Waals surface area contributed by atoms with Crippen molar-refractivity contribution in [3.05, 3.63) is 75.8 Å². The molecule has 1 atom stereocenters. The first-order chi connectivity index (χ1) is 18.4. The number of piperidine rings is 1. The number of benzene rings is 2. The third kappa shape index (κ3) is 5.82. The van der Waals surface area contributed by atoms with Crippen molar-refractivity contribution in [3.8, 4) is 0 Å². The number of nitrogens with zero attached hydrogens (tertiary/aromatic N) is 2. The van der Waals surface area contributed by atoms with Crippen LogP contribution >= 0.6 is 0 Å². The topological polar surface area (TPSA) is 146 Å². The van der Waals surface area contributed by atoms with Crippen molar-refractivity contribution in [3.63, 3.8) is 0 Å². The van der Waals surface area contributed by atoms with Crippen LogP contribution in [0.4, 0.5) is 4.79 Å². The van der Waals surface area contributed by atoms with Crippen molar-refractivity contribution in [2.24, 2.45) is 0 Å². The number of hydrogen-bond acceptors (Lipinski definition) is 8. The second-order valence-electron chi connectivity index (χ2n) is 10.3. The number of ether oxygens (including phenoxy) is 2. The van der Waals surface area contributed by atoms with E-state index < -0.39 is 40.6 Å². The van der Waals surface area contributed by atoms with Gasteiger partial charge in [-0.3, -0.25) is 24.3 Å². The standard InChI is InChI=1S/C28H30N4O7/c1-17-30-21-14-19(15-29-26(37)39-27(2,3)4)10-11-20(21)23(34)32(17)28(13-12-22(33)31-24(28)35)25(36)38-16-18-8-6-5-7-9-18/h5-11,14H,12-13,15-16H2,1-4H3,(H,29,37)(H,31,33,35). The molecular weight excluding hydrogens is 504 g/mol. The summed E-state index contributed by atoms with van der Waals surface area (Å²) in [4.78, 5) is 69.0. The molecule has 0 radical (unpaired) electrons. The zero-order valence-electron chi connectivity index (χ0n) is 22.2. The fraction of sp³-hybridized carbons (Fsp3) is 0.357. The Labute approximate surface area is 224 Å². The molecule has 0 aliphatic carbocycles. The Morgan fingerprint density at radius 3 is 2.46 bits per heavy atom. The molecule has 0 spiro atoms. The van der Waals surface area contributed by atoms with E-state index in [1.54, 1.807) is 57.2 Å². The van der Waals surface area contributed by atoms with E-state index in [1.165, 1.54) is 13.0 Å². The fourth-order valence-electron chi connectivity index (χ4n) is 4.43. The van der Waals surface area contributed by atoms with Crippen LogP contribution in [0.1, 0.15) is 50.6 Å². The van der Waals surface area contributed by atoms with E-state index in [0.717, 1.165) is 4.57 Å². The van der Waals surface area contributed by atoms with Crippen LogP contribution in [0, 0.1) is 6.92 Å². The molecule has 0 bridgehead atoms. The lowest BCUT2D eigenvalue weighted by atomic mass is 9.87. The van der Waals surface area contributed by atoms with Crippen molar-refractivity contribution >= 4 is 34.8 Å². The minimum absolute atomic E-state index is 0.0888. The maximum atomic E-state index is 13.8. The van der Waals surface area contributed by atoms with E-state index in [1.807, 2.05) is 6.07 Å².